The first-order valence-electron chi connectivity index (χ1n) is 10.4. The summed E-state index contributed by atoms with van der Waals surface area (Å²) in [6, 6.07) is 1.75. The number of aryl methyl sites for hydroxylation is 2. The average Bonchev–Trinajstić information content (AvgIpc) is 3.45. The highest BCUT2D eigenvalue weighted by atomic mass is 32.2. The molecular formula is C20H26N6O3S. The number of nitrogens with one attached hydrogen (secondary N) is 4. The number of rotatable bonds is 4. The van der Waals surface area contributed by atoms with Crippen molar-refractivity contribution < 1.29 is 13.7 Å². The van der Waals surface area contributed by atoms with Crippen LogP contribution in [0.5, 0.6) is 5.88 Å². The number of nitrogens with zero attached hydrogens (tertiary/aromatic N) is 2. The number of anilines is 1. The Labute approximate surface area is 175 Å². The zero-order valence-corrected chi connectivity index (χ0v) is 17.7. The van der Waals surface area contributed by atoms with Gasteiger partial charge in [-0.2, -0.15) is 5.10 Å². The van der Waals surface area contributed by atoms with Gasteiger partial charge in [-0.25, -0.2) is 23.2 Å². The average molecular weight is 431 g/mol. The van der Waals surface area contributed by atoms with Crippen LogP contribution in [0.3, 0.4) is 0 Å². The van der Waals surface area contributed by atoms with E-state index >= 15 is 0 Å². The van der Waals surface area contributed by atoms with Crippen molar-refractivity contribution in [2.45, 2.75) is 56.0 Å². The summed E-state index contributed by atoms with van der Waals surface area (Å²) in [6.45, 7) is 0.940. The van der Waals surface area contributed by atoms with Crippen molar-refractivity contribution in [3.63, 3.8) is 0 Å². The van der Waals surface area contributed by atoms with Crippen LogP contribution in [-0.4, -0.2) is 39.7 Å². The Hall–Kier alpha value is -2.59. The summed E-state index contributed by atoms with van der Waals surface area (Å²) in [4.78, 5) is 12.9. The minimum Gasteiger partial charge on any atom is -0.475 e. The molecule has 1 aromatic carbocycles. The molecule has 0 saturated carbocycles. The summed E-state index contributed by atoms with van der Waals surface area (Å²) < 4.78 is 31.0. The number of hydrogen-bond acceptors (Lipinski definition) is 6. The number of likely N-dealkylation sites (N-methyl/N-ethyl adjacent to an activating group) is 1. The number of aromatic nitrogens is 2. The molecule has 2 aromatic rings. The van der Waals surface area contributed by atoms with E-state index in [1.54, 1.807) is 4.68 Å². The van der Waals surface area contributed by atoms with Crippen molar-refractivity contribution >= 4 is 21.6 Å². The standard InChI is InChI=1S/C20H26N6O3S/c1-22-14-10-26-19(29-11-14)17(9-23-26)30(21,28)25-20(27)24-18-15-6-2-4-12(15)8-13-5-3-7-16(13)18/h8-9,14,22H,2-7,10-11H2,1H3,(H3,21,24,25,27,28)/t14-,30-/m0/s1. The first-order chi connectivity index (χ1) is 14.5. The van der Waals surface area contributed by atoms with Crippen molar-refractivity contribution in [3.8, 4) is 5.88 Å². The molecule has 2 atom stereocenters. The van der Waals surface area contributed by atoms with Crippen LogP contribution in [0.4, 0.5) is 10.5 Å². The molecule has 0 fully saturated rings. The quantitative estimate of drug-likeness (QED) is 0.591. The van der Waals surface area contributed by atoms with Crippen LogP contribution in [0.1, 0.15) is 35.1 Å². The molecule has 0 bridgehead atoms. The lowest BCUT2D eigenvalue weighted by Gasteiger charge is -2.24. The van der Waals surface area contributed by atoms with E-state index in [0.717, 1.165) is 44.2 Å². The van der Waals surface area contributed by atoms with Crippen molar-refractivity contribution in [1.29, 1.82) is 4.78 Å². The number of urea groups is 1. The molecule has 4 N–H and O–H groups in total. The number of carbonyl (C=O) groups excluding carboxylic acids is 1. The van der Waals surface area contributed by atoms with Gasteiger partial charge in [0.1, 0.15) is 11.5 Å². The summed E-state index contributed by atoms with van der Waals surface area (Å²) >= 11 is 0. The Kier molecular flexibility index (Phi) is 4.70. The summed E-state index contributed by atoms with van der Waals surface area (Å²) in [5.41, 5.74) is 5.83. The normalized spacial score (nSPS) is 21.2. The highest BCUT2D eigenvalue weighted by Crippen LogP contribution is 2.38. The molecule has 0 spiro atoms. The molecule has 160 valence electrons. The van der Waals surface area contributed by atoms with Crippen LogP contribution < -0.4 is 20.1 Å². The van der Waals surface area contributed by atoms with Crippen LogP contribution in [0.25, 0.3) is 0 Å². The molecule has 2 aliphatic carbocycles. The van der Waals surface area contributed by atoms with Crippen molar-refractivity contribution in [2.24, 2.45) is 0 Å². The fourth-order valence-electron chi connectivity index (χ4n) is 4.74. The number of benzene rings is 1. The van der Waals surface area contributed by atoms with Gasteiger partial charge in [0.05, 0.1) is 18.8 Å². The van der Waals surface area contributed by atoms with E-state index in [1.165, 1.54) is 28.5 Å². The van der Waals surface area contributed by atoms with Crippen LogP contribution in [0.2, 0.25) is 0 Å². The topological polar surface area (TPSA) is 121 Å². The molecule has 0 unspecified atom stereocenters. The van der Waals surface area contributed by atoms with Gasteiger partial charge in [0, 0.05) is 5.69 Å². The maximum Gasteiger partial charge on any atom is 0.331 e. The maximum absolute atomic E-state index is 13.1. The molecule has 5 rings (SSSR count). The van der Waals surface area contributed by atoms with E-state index in [2.05, 4.69) is 26.5 Å². The fraction of sp³-hybridized carbons (Fsp3) is 0.500. The Balaban J connectivity index is 1.38. The Bertz CT molecular complexity index is 1090. The molecule has 0 radical (unpaired) electrons. The monoisotopic (exact) mass is 430 g/mol. The minimum absolute atomic E-state index is 0.0885. The second-order valence-electron chi connectivity index (χ2n) is 8.14. The van der Waals surface area contributed by atoms with Crippen molar-refractivity contribution in [1.82, 2.24) is 19.8 Å². The molecule has 2 amide bonds. The summed E-state index contributed by atoms with van der Waals surface area (Å²) in [6.07, 6.45) is 7.44. The zero-order chi connectivity index (χ0) is 20.9. The van der Waals surface area contributed by atoms with E-state index in [-0.39, 0.29) is 16.8 Å². The number of fused-ring (bicyclic) bond motifs is 3. The minimum atomic E-state index is -3.62. The highest BCUT2D eigenvalue weighted by Gasteiger charge is 2.30. The third-order valence-electron chi connectivity index (χ3n) is 6.24. The van der Waals surface area contributed by atoms with E-state index in [9.17, 15) is 9.00 Å². The maximum atomic E-state index is 13.1. The number of hydrogen-bond donors (Lipinski definition) is 4. The Morgan fingerprint density at radius 1 is 1.23 bits per heavy atom. The third kappa shape index (κ3) is 3.24. The SMILES string of the molecule is CN[C@@H]1COc2c([S@@](=N)(=O)NC(=O)Nc3c4c(cc5c3CCC5)CCC4)cnn2C1. The van der Waals surface area contributed by atoms with Gasteiger partial charge < -0.3 is 15.4 Å². The molecule has 30 heavy (non-hydrogen) atoms. The predicted molar refractivity (Wildman–Crippen MR) is 112 cm³/mol. The van der Waals surface area contributed by atoms with Crippen LogP contribution in [0, 0.1) is 4.78 Å². The predicted octanol–water partition coefficient (Wildman–Crippen LogP) is 1.98. The molecule has 1 aliphatic heterocycles. The van der Waals surface area contributed by atoms with Gasteiger partial charge in [0.25, 0.3) is 0 Å². The highest BCUT2D eigenvalue weighted by molar-refractivity contribution is 7.91. The van der Waals surface area contributed by atoms with Gasteiger partial charge in [-0.05, 0) is 67.8 Å². The molecule has 3 aliphatic rings. The summed E-state index contributed by atoms with van der Waals surface area (Å²) in [7, 11) is -1.79. The van der Waals surface area contributed by atoms with Crippen molar-refractivity contribution in [2.75, 3.05) is 19.0 Å². The van der Waals surface area contributed by atoms with Crippen LogP contribution in [-0.2, 0) is 42.1 Å². The molecule has 2 heterocycles. The Morgan fingerprint density at radius 3 is 2.60 bits per heavy atom. The molecular weight excluding hydrogens is 404 g/mol. The molecule has 10 heteroatoms. The fourth-order valence-corrected chi connectivity index (χ4v) is 5.77. The number of amides is 2. The molecule has 0 saturated heterocycles. The molecule has 9 nitrogen and oxygen atoms in total. The second kappa shape index (κ2) is 7.28. The van der Waals surface area contributed by atoms with Gasteiger partial charge in [-0.3, -0.25) is 0 Å². The van der Waals surface area contributed by atoms with Crippen LogP contribution >= 0.6 is 0 Å². The first kappa shape index (κ1) is 19.4. The number of ether oxygens (including phenoxy) is 1. The largest absolute Gasteiger partial charge is 0.475 e. The van der Waals surface area contributed by atoms with E-state index < -0.39 is 15.9 Å². The zero-order valence-electron chi connectivity index (χ0n) is 16.9. The van der Waals surface area contributed by atoms with Crippen molar-refractivity contribution in [3.05, 3.63) is 34.5 Å². The van der Waals surface area contributed by atoms with Gasteiger partial charge in [0.15, 0.2) is 9.92 Å². The smallest absolute Gasteiger partial charge is 0.331 e. The van der Waals surface area contributed by atoms with Crippen LogP contribution in [0.15, 0.2) is 17.2 Å². The lowest BCUT2D eigenvalue weighted by Crippen LogP contribution is -2.40. The van der Waals surface area contributed by atoms with E-state index in [1.807, 2.05) is 7.05 Å². The van der Waals surface area contributed by atoms with Gasteiger partial charge in [0.2, 0.25) is 5.88 Å². The molecule has 1 aromatic heterocycles. The lowest BCUT2D eigenvalue weighted by atomic mass is 9.99. The number of carbonyl (C=O) groups is 1. The van der Waals surface area contributed by atoms with E-state index in [4.69, 9.17) is 9.52 Å². The van der Waals surface area contributed by atoms with Gasteiger partial charge in [-0.15, -0.1) is 0 Å². The Morgan fingerprint density at radius 2 is 1.93 bits per heavy atom. The lowest BCUT2D eigenvalue weighted by molar-refractivity contribution is 0.184. The third-order valence-corrected chi connectivity index (χ3v) is 7.61. The first-order valence-corrected chi connectivity index (χ1v) is 11.9. The second-order valence-corrected chi connectivity index (χ2v) is 9.90. The van der Waals surface area contributed by atoms with Gasteiger partial charge >= 0.3 is 6.03 Å². The summed E-state index contributed by atoms with van der Waals surface area (Å²) in [5, 5.41) is 10.2. The summed E-state index contributed by atoms with van der Waals surface area (Å²) in [5.74, 6) is 0.281. The van der Waals surface area contributed by atoms with Gasteiger partial charge in [-0.1, -0.05) is 6.07 Å². The van der Waals surface area contributed by atoms with E-state index in [0.29, 0.717) is 13.2 Å².